The highest BCUT2D eigenvalue weighted by molar-refractivity contribution is 8.00. The van der Waals surface area contributed by atoms with Crippen LogP contribution in [0.15, 0.2) is 66.1 Å². The van der Waals surface area contributed by atoms with Crippen molar-refractivity contribution in [3.63, 3.8) is 0 Å². The van der Waals surface area contributed by atoms with Gasteiger partial charge in [-0.15, -0.1) is 0 Å². The molecule has 0 atom stereocenters. The monoisotopic (exact) mass is 403 g/mol. The maximum atomic E-state index is 12.5. The summed E-state index contributed by atoms with van der Waals surface area (Å²) in [6.45, 7) is 4.62. The zero-order valence-corrected chi connectivity index (χ0v) is 17.1. The number of carbonyl (C=O) groups is 1. The predicted molar refractivity (Wildman–Crippen MR) is 116 cm³/mol. The predicted octanol–water partition coefficient (Wildman–Crippen LogP) is 4.22. The van der Waals surface area contributed by atoms with Crippen LogP contribution < -0.4 is 5.32 Å². The van der Waals surface area contributed by atoms with Gasteiger partial charge in [0.2, 0.25) is 5.91 Å². The van der Waals surface area contributed by atoms with Crippen molar-refractivity contribution in [1.82, 2.24) is 19.7 Å². The van der Waals surface area contributed by atoms with Gasteiger partial charge in [-0.05, 0) is 30.5 Å². The largest absolute Gasteiger partial charge is 0.325 e. The molecule has 2 aromatic heterocycles. The molecular formula is C22H21N5OS. The van der Waals surface area contributed by atoms with Crippen molar-refractivity contribution in [1.29, 1.82) is 0 Å². The van der Waals surface area contributed by atoms with E-state index in [1.165, 1.54) is 18.1 Å². The van der Waals surface area contributed by atoms with Crippen LogP contribution >= 0.6 is 11.8 Å². The Kier molecular flexibility index (Phi) is 5.57. The van der Waals surface area contributed by atoms with Crippen LogP contribution in [0.3, 0.4) is 0 Å². The molecule has 1 N–H and O–H groups in total. The van der Waals surface area contributed by atoms with Crippen molar-refractivity contribution >= 4 is 34.4 Å². The van der Waals surface area contributed by atoms with Gasteiger partial charge in [0.15, 0.2) is 5.65 Å². The van der Waals surface area contributed by atoms with Crippen LogP contribution in [0.1, 0.15) is 16.7 Å². The Morgan fingerprint density at radius 1 is 1.03 bits per heavy atom. The molecule has 0 radical (unpaired) electrons. The van der Waals surface area contributed by atoms with Crippen LogP contribution in [0.4, 0.5) is 5.69 Å². The van der Waals surface area contributed by atoms with Crippen molar-refractivity contribution in [2.45, 2.75) is 25.4 Å². The number of aryl methyl sites for hydroxylation is 2. The van der Waals surface area contributed by atoms with Crippen LogP contribution in [0, 0.1) is 13.8 Å². The summed E-state index contributed by atoms with van der Waals surface area (Å²) in [5, 5.41) is 9.09. The molecule has 0 aliphatic rings. The Hall–Kier alpha value is -3.19. The maximum Gasteiger partial charge on any atom is 0.234 e. The minimum Gasteiger partial charge on any atom is -0.325 e. The van der Waals surface area contributed by atoms with E-state index in [1.54, 1.807) is 6.20 Å². The zero-order chi connectivity index (χ0) is 20.2. The van der Waals surface area contributed by atoms with Gasteiger partial charge in [-0.3, -0.25) is 4.79 Å². The smallest absolute Gasteiger partial charge is 0.234 e. The number of aromatic nitrogens is 4. The Morgan fingerprint density at radius 2 is 1.79 bits per heavy atom. The first kappa shape index (κ1) is 19.1. The van der Waals surface area contributed by atoms with E-state index in [9.17, 15) is 4.79 Å². The van der Waals surface area contributed by atoms with E-state index in [1.807, 2.05) is 54.9 Å². The van der Waals surface area contributed by atoms with Crippen molar-refractivity contribution in [2.75, 3.05) is 11.1 Å². The third-order valence-corrected chi connectivity index (χ3v) is 5.66. The first-order chi connectivity index (χ1) is 14.1. The Bertz CT molecular complexity index is 1140. The lowest BCUT2D eigenvalue weighted by Gasteiger charge is -2.11. The number of nitrogens with zero attached hydrogens (tertiary/aromatic N) is 4. The Morgan fingerprint density at radius 3 is 2.55 bits per heavy atom. The van der Waals surface area contributed by atoms with Gasteiger partial charge in [0.1, 0.15) is 11.4 Å². The van der Waals surface area contributed by atoms with Crippen LogP contribution in [0.5, 0.6) is 0 Å². The van der Waals surface area contributed by atoms with Crippen molar-refractivity contribution in [3.8, 4) is 0 Å². The van der Waals surface area contributed by atoms with Gasteiger partial charge in [-0.2, -0.15) is 5.10 Å². The summed E-state index contributed by atoms with van der Waals surface area (Å²) in [4.78, 5) is 21.2. The molecule has 0 unspecified atom stereocenters. The lowest BCUT2D eigenvalue weighted by molar-refractivity contribution is -0.113. The van der Waals surface area contributed by atoms with Crippen LogP contribution in [0.25, 0.3) is 11.0 Å². The minimum atomic E-state index is -0.0594. The van der Waals surface area contributed by atoms with Gasteiger partial charge in [0, 0.05) is 5.69 Å². The molecule has 4 aromatic rings. The van der Waals surface area contributed by atoms with Crippen LogP contribution in [-0.4, -0.2) is 31.4 Å². The van der Waals surface area contributed by atoms with Crippen molar-refractivity contribution in [2.24, 2.45) is 0 Å². The van der Waals surface area contributed by atoms with E-state index in [-0.39, 0.29) is 11.7 Å². The van der Waals surface area contributed by atoms with E-state index in [0.717, 1.165) is 38.4 Å². The molecule has 0 bridgehead atoms. The number of carbonyl (C=O) groups excluding carboxylic acids is 1. The quantitative estimate of drug-likeness (QED) is 0.385. The lowest BCUT2D eigenvalue weighted by atomic mass is 10.1. The summed E-state index contributed by atoms with van der Waals surface area (Å²) < 4.78 is 1.85. The molecule has 2 aromatic carbocycles. The highest BCUT2D eigenvalue weighted by Gasteiger charge is 2.13. The number of thioether (sulfide) groups is 1. The number of nitrogens with one attached hydrogen (secondary N) is 1. The average Bonchev–Trinajstić information content (AvgIpc) is 3.13. The first-order valence-corrected chi connectivity index (χ1v) is 10.3. The minimum absolute atomic E-state index is 0.0594. The number of hydrogen-bond acceptors (Lipinski definition) is 5. The van der Waals surface area contributed by atoms with Gasteiger partial charge < -0.3 is 5.32 Å². The van der Waals surface area contributed by atoms with Crippen molar-refractivity contribution in [3.05, 3.63) is 77.7 Å². The molecule has 7 heteroatoms. The van der Waals surface area contributed by atoms with E-state index < -0.39 is 0 Å². The average molecular weight is 404 g/mol. The molecule has 6 nitrogen and oxygen atoms in total. The summed E-state index contributed by atoms with van der Waals surface area (Å²) >= 11 is 1.39. The molecule has 0 aliphatic heterocycles. The van der Waals surface area contributed by atoms with E-state index >= 15 is 0 Å². The molecule has 0 fully saturated rings. The number of benzene rings is 2. The third-order valence-electron chi connectivity index (χ3n) is 4.66. The molecule has 29 heavy (non-hydrogen) atoms. The molecule has 1 amide bonds. The standard InChI is InChI=1S/C22H21N5OS/c1-15-7-6-8-16(2)20(15)26-19(28)13-29-22-18-11-25-27(21(18)23-14-24-22)12-17-9-4-3-5-10-17/h3-11,14H,12-13H2,1-2H3,(H,26,28). The lowest BCUT2D eigenvalue weighted by Crippen LogP contribution is -2.15. The van der Waals surface area contributed by atoms with Gasteiger partial charge in [-0.1, -0.05) is 60.3 Å². The maximum absolute atomic E-state index is 12.5. The van der Waals surface area contributed by atoms with Crippen molar-refractivity contribution < 1.29 is 4.79 Å². The highest BCUT2D eigenvalue weighted by Crippen LogP contribution is 2.25. The number of para-hydroxylation sites is 1. The Balaban J connectivity index is 1.48. The fourth-order valence-corrected chi connectivity index (χ4v) is 3.94. The van der Waals surface area contributed by atoms with E-state index in [2.05, 4.69) is 32.5 Å². The summed E-state index contributed by atoms with van der Waals surface area (Å²) in [6, 6.07) is 16.1. The number of amides is 1. The second-order valence-corrected chi connectivity index (χ2v) is 7.77. The molecule has 2 heterocycles. The fourth-order valence-electron chi connectivity index (χ4n) is 3.18. The number of anilines is 1. The summed E-state index contributed by atoms with van der Waals surface area (Å²) in [5.41, 5.74) is 4.89. The number of hydrogen-bond donors (Lipinski definition) is 1. The van der Waals surface area contributed by atoms with E-state index in [0.29, 0.717) is 6.54 Å². The molecular weight excluding hydrogens is 382 g/mol. The molecule has 0 aliphatic carbocycles. The fraction of sp³-hybridized carbons (Fsp3) is 0.182. The number of fused-ring (bicyclic) bond motifs is 1. The SMILES string of the molecule is Cc1cccc(C)c1NC(=O)CSc1ncnc2c1cnn2Cc1ccccc1. The highest BCUT2D eigenvalue weighted by atomic mass is 32.2. The summed E-state index contributed by atoms with van der Waals surface area (Å²) in [5.74, 6) is 0.208. The van der Waals surface area contributed by atoms with Crippen LogP contribution in [0.2, 0.25) is 0 Å². The number of rotatable bonds is 6. The Labute approximate surface area is 173 Å². The molecule has 0 spiro atoms. The summed E-state index contributed by atoms with van der Waals surface area (Å²) in [7, 11) is 0. The molecule has 146 valence electrons. The first-order valence-electron chi connectivity index (χ1n) is 9.31. The van der Waals surface area contributed by atoms with Gasteiger partial charge in [0.05, 0.1) is 23.9 Å². The topological polar surface area (TPSA) is 72.7 Å². The third kappa shape index (κ3) is 4.30. The molecule has 4 rings (SSSR count). The summed E-state index contributed by atoms with van der Waals surface area (Å²) in [6.07, 6.45) is 3.29. The molecule has 0 saturated heterocycles. The molecule has 0 saturated carbocycles. The second kappa shape index (κ2) is 8.45. The van der Waals surface area contributed by atoms with E-state index in [4.69, 9.17) is 0 Å². The van der Waals surface area contributed by atoms with Gasteiger partial charge in [0.25, 0.3) is 0 Å². The van der Waals surface area contributed by atoms with Crippen LogP contribution in [-0.2, 0) is 11.3 Å². The second-order valence-electron chi connectivity index (χ2n) is 6.81. The van der Waals surface area contributed by atoms with Gasteiger partial charge >= 0.3 is 0 Å². The zero-order valence-electron chi connectivity index (χ0n) is 16.3. The normalized spacial score (nSPS) is 11.0. The van der Waals surface area contributed by atoms with Gasteiger partial charge in [-0.25, -0.2) is 14.6 Å².